The van der Waals surface area contributed by atoms with Crippen molar-refractivity contribution in [2.24, 2.45) is 0 Å². The predicted molar refractivity (Wildman–Crippen MR) is 88.6 cm³/mol. The highest BCUT2D eigenvalue weighted by molar-refractivity contribution is 7.99. The maximum Gasteiger partial charge on any atom is 0.288 e. The zero-order valence-corrected chi connectivity index (χ0v) is 13.7. The van der Waals surface area contributed by atoms with E-state index in [1.165, 1.54) is 16.8 Å². The molecule has 3 rings (SSSR count). The summed E-state index contributed by atoms with van der Waals surface area (Å²) >= 11 is 0.337. The maximum atomic E-state index is 12.6. The normalized spacial score (nSPS) is 10.8. The van der Waals surface area contributed by atoms with Gasteiger partial charge < -0.3 is 5.32 Å². The van der Waals surface area contributed by atoms with Gasteiger partial charge in [-0.2, -0.15) is 13.5 Å². The minimum Gasteiger partial charge on any atom is -0.345 e. The summed E-state index contributed by atoms with van der Waals surface area (Å²) in [6.07, 6.45) is 0. The van der Waals surface area contributed by atoms with Crippen LogP contribution in [0.5, 0.6) is 0 Å². The van der Waals surface area contributed by atoms with Crippen molar-refractivity contribution in [3.63, 3.8) is 0 Å². The highest BCUT2D eigenvalue weighted by Gasteiger charge is 2.16. The summed E-state index contributed by atoms with van der Waals surface area (Å²) in [4.78, 5) is 12.6. The van der Waals surface area contributed by atoms with Crippen LogP contribution in [-0.2, 0) is 6.54 Å². The molecule has 0 saturated carbocycles. The van der Waals surface area contributed by atoms with Crippen molar-refractivity contribution in [3.8, 4) is 5.69 Å². The minimum absolute atomic E-state index is 0.0639. The Morgan fingerprint density at radius 1 is 1.12 bits per heavy atom. The number of halogens is 2. The largest absolute Gasteiger partial charge is 0.345 e. The van der Waals surface area contributed by atoms with Crippen LogP contribution in [0.1, 0.15) is 16.2 Å². The number of rotatable bonds is 6. The molecule has 6 nitrogen and oxygen atoms in total. The molecular formula is C16H13F2N5OS. The van der Waals surface area contributed by atoms with Gasteiger partial charge in [-0.05, 0) is 34.7 Å². The Bertz CT molecular complexity index is 856. The van der Waals surface area contributed by atoms with E-state index in [-0.39, 0.29) is 17.0 Å². The van der Waals surface area contributed by atoms with Crippen LogP contribution < -0.4 is 5.32 Å². The third-order valence-corrected chi connectivity index (χ3v) is 4.08. The second-order valence-electron chi connectivity index (χ2n) is 4.90. The topological polar surface area (TPSA) is 72.7 Å². The van der Waals surface area contributed by atoms with E-state index in [4.69, 9.17) is 0 Å². The Morgan fingerprint density at radius 2 is 1.84 bits per heavy atom. The van der Waals surface area contributed by atoms with Crippen LogP contribution in [0, 0.1) is 0 Å². The number of carbonyl (C=O) groups is 1. The second kappa shape index (κ2) is 7.84. The van der Waals surface area contributed by atoms with Gasteiger partial charge in [-0.15, -0.1) is 5.10 Å². The maximum absolute atomic E-state index is 12.6. The lowest BCUT2D eigenvalue weighted by Gasteiger charge is -2.09. The summed E-state index contributed by atoms with van der Waals surface area (Å²) in [5.41, 5.74) is 0.942. The summed E-state index contributed by atoms with van der Waals surface area (Å²) in [6, 6.07) is 15.4. The van der Waals surface area contributed by atoms with Gasteiger partial charge in [0.1, 0.15) is 0 Å². The molecule has 0 aliphatic rings. The van der Waals surface area contributed by atoms with Crippen LogP contribution >= 0.6 is 11.8 Å². The fraction of sp³-hybridized carbons (Fsp3) is 0.125. The van der Waals surface area contributed by atoms with Crippen molar-refractivity contribution >= 4 is 17.7 Å². The molecule has 0 spiro atoms. The van der Waals surface area contributed by atoms with Crippen LogP contribution in [0.15, 0.2) is 59.5 Å². The Morgan fingerprint density at radius 3 is 2.60 bits per heavy atom. The van der Waals surface area contributed by atoms with E-state index in [0.29, 0.717) is 17.6 Å². The lowest BCUT2D eigenvalue weighted by molar-refractivity contribution is 0.0946. The van der Waals surface area contributed by atoms with Gasteiger partial charge in [0, 0.05) is 4.90 Å². The molecule has 1 heterocycles. The average molecular weight is 361 g/mol. The standard InChI is InChI=1S/C16H13F2N5OS/c17-16(18)25-13-9-5-4-8-12(13)15(24)19-10-14-20-21-22-23(14)11-6-2-1-3-7-11/h1-9,16H,10H2,(H,19,24). The monoisotopic (exact) mass is 361 g/mol. The predicted octanol–water partition coefficient (Wildman–Crippen LogP) is 2.91. The van der Waals surface area contributed by atoms with Gasteiger partial charge in [0.25, 0.3) is 11.7 Å². The Balaban J connectivity index is 1.73. The van der Waals surface area contributed by atoms with Crippen LogP contribution in [0.25, 0.3) is 5.69 Å². The molecule has 9 heteroatoms. The second-order valence-corrected chi connectivity index (χ2v) is 5.93. The van der Waals surface area contributed by atoms with Crippen molar-refractivity contribution in [3.05, 3.63) is 66.0 Å². The molecule has 0 fully saturated rings. The number of benzene rings is 2. The van der Waals surface area contributed by atoms with E-state index >= 15 is 0 Å². The molecule has 0 aliphatic carbocycles. The number of aromatic nitrogens is 4. The molecule has 0 aliphatic heterocycles. The van der Waals surface area contributed by atoms with E-state index in [9.17, 15) is 13.6 Å². The smallest absolute Gasteiger partial charge is 0.288 e. The van der Waals surface area contributed by atoms with E-state index in [1.54, 1.807) is 12.1 Å². The van der Waals surface area contributed by atoms with Gasteiger partial charge >= 0.3 is 0 Å². The number of para-hydroxylation sites is 1. The molecular weight excluding hydrogens is 348 g/mol. The molecule has 3 aromatic rings. The molecule has 0 unspecified atom stereocenters. The third kappa shape index (κ3) is 4.18. The Kier molecular flexibility index (Phi) is 5.34. The van der Waals surface area contributed by atoms with Gasteiger partial charge in [0.05, 0.1) is 17.8 Å². The fourth-order valence-electron chi connectivity index (χ4n) is 2.19. The SMILES string of the molecule is O=C(NCc1nnnn1-c1ccccc1)c1ccccc1SC(F)F. The number of hydrogen-bond acceptors (Lipinski definition) is 5. The molecule has 0 atom stereocenters. The first kappa shape index (κ1) is 17.0. The zero-order valence-electron chi connectivity index (χ0n) is 12.8. The lowest BCUT2D eigenvalue weighted by atomic mass is 10.2. The number of thioether (sulfide) groups is 1. The first-order valence-corrected chi connectivity index (χ1v) is 8.18. The van der Waals surface area contributed by atoms with Crippen molar-refractivity contribution in [2.45, 2.75) is 17.2 Å². The molecule has 2 aromatic carbocycles. The summed E-state index contributed by atoms with van der Waals surface area (Å²) in [5.74, 6) is -2.63. The summed E-state index contributed by atoms with van der Waals surface area (Å²) in [7, 11) is 0. The van der Waals surface area contributed by atoms with Crippen molar-refractivity contribution in [1.82, 2.24) is 25.5 Å². The summed E-state index contributed by atoms with van der Waals surface area (Å²) in [5, 5.41) is 14.1. The highest BCUT2D eigenvalue weighted by Crippen LogP contribution is 2.28. The molecule has 1 N–H and O–H groups in total. The summed E-state index contributed by atoms with van der Waals surface area (Å²) < 4.78 is 26.7. The highest BCUT2D eigenvalue weighted by atomic mass is 32.2. The quantitative estimate of drug-likeness (QED) is 0.684. The van der Waals surface area contributed by atoms with Crippen molar-refractivity contribution < 1.29 is 13.6 Å². The summed E-state index contributed by atoms with van der Waals surface area (Å²) in [6.45, 7) is 0.0639. The van der Waals surface area contributed by atoms with Gasteiger partial charge in [0.2, 0.25) is 0 Å². The number of hydrogen-bond donors (Lipinski definition) is 1. The number of nitrogens with one attached hydrogen (secondary N) is 1. The number of amides is 1. The molecule has 0 radical (unpaired) electrons. The molecule has 25 heavy (non-hydrogen) atoms. The number of nitrogens with zero attached hydrogens (tertiary/aromatic N) is 4. The fourth-order valence-corrected chi connectivity index (χ4v) is 2.83. The van der Waals surface area contributed by atoms with Gasteiger partial charge in [-0.3, -0.25) is 4.79 Å². The van der Waals surface area contributed by atoms with Crippen LogP contribution in [0.2, 0.25) is 0 Å². The minimum atomic E-state index is -2.60. The van der Waals surface area contributed by atoms with Gasteiger partial charge in [0.15, 0.2) is 5.82 Å². The molecule has 0 saturated heterocycles. The lowest BCUT2D eigenvalue weighted by Crippen LogP contribution is -2.25. The van der Waals surface area contributed by atoms with Gasteiger partial charge in [-0.25, -0.2) is 0 Å². The molecule has 0 bridgehead atoms. The average Bonchev–Trinajstić information content (AvgIpc) is 3.09. The number of tetrazole rings is 1. The molecule has 1 amide bonds. The number of alkyl halides is 2. The zero-order chi connectivity index (χ0) is 17.6. The van der Waals surface area contributed by atoms with Crippen molar-refractivity contribution in [2.75, 3.05) is 0 Å². The first-order valence-electron chi connectivity index (χ1n) is 7.30. The Labute approximate surface area is 146 Å². The van der Waals surface area contributed by atoms with Crippen LogP contribution in [0.3, 0.4) is 0 Å². The third-order valence-electron chi connectivity index (χ3n) is 3.29. The Hall–Kier alpha value is -2.81. The van der Waals surface area contributed by atoms with E-state index in [0.717, 1.165) is 5.69 Å². The van der Waals surface area contributed by atoms with E-state index < -0.39 is 11.7 Å². The van der Waals surface area contributed by atoms with E-state index in [1.807, 2.05) is 30.3 Å². The van der Waals surface area contributed by atoms with E-state index in [2.05, 4.69) is 20.8 Å². The van der Waals surface area contributed by atoms with Crippen LogP contribution in [-0.4, -0.2) is 31.9 Å². The van der Waals surface area contributed by atoms with Crippen molar-refractivity contribution in [1.29, 1.82) is 0 Å². The van der Waals surface area contributed by atoms with Gasteiger partial charge in [-0.1, -0.05) is 42.1 Å². The number of carbonyl (C=O) groups excluding carboxylic acids is 1. The first-order chi connectivity index (χ1) is 12.1. The molecule has 128 valence electrons. The molecule has 1 aromatic heterocycles. The van der Waals surface area contributed by atoms with Crippen LogP contribution in [0.4, 0.5) is 8.78 Å².